The fourth-order valence-corrected chi connectivity index (χ4v) is 4.42. The fraction of sp³-hybridized carbons (Fsp3) is 0.292. The third-order valence-corrected chi connectivity index (χ3v) is 6.08. The van der Waals surface area contributed by atoms with Gasteiger partial charge in [-0.3, -0.25) is 14.5 Å². The van der Waals surface area contributed by atoms with Gasteiger partial charge in [0.25, 0.3) is 0 Å². The highest BCUT2D eigenvalue weighted by Gasteiger charge is 2.43. The molecule has 0 spiro atoms. The van der Waals surface area contributed by atoms with Crippen LogP contribution in [0.4, 0.5) is 4.39 Å². The van der Waals surface area contributed by atoms with Crippen molar-refractivity contribution in [1.82, 2.24) is 24.9 Å². The number of nitrogens with zero attached hydrogens (tertiary/aromatic N) is 4. The Labute approximate surface area is 185 Å². The van der Waals surface area contributed by atoms with E-state index in [9.17, 15) is 14.0 Å². The Hall–Kier alpha value is -3.52. The van der Waals surface area contributed by atoms with E-state index in [1.165, 1.54) is 12.1 Å². The largest absolute Gasteiger partial charge is 0.342 e. The lowest BCUT2D eigenvalue weighted by molar-refractivity contribution is -0.153. The van der Waals surface area contributed by atoms with Crippen molar-refractivity contribution in [1.29, 1.82) is 0 Å². The summed E-state index contributed by atoms with van der Waals surface area (Å²) in [7, 11) is 0. The van der Waals surface area contributed by atoms with Gasteiger partial charge in [0.15, 0.2) is 0 Å². The van der Waals surface area contributed by atoms with Crippen molar-refractivity contribution in [3.8, 4) is 5.69 Å². The van der Waals surface area contributed by atoms with E-state index in [1.54, 1.807) is 27.9 Å². The van der Waals surface area contributed by atoms with Crippen LogP contribution in [0.1, 0.15) is 11.1 Å². The van der Waals surface area contributed by atoms with Crippen LogP contribution in [0.3, 0.4) is 0 Å². The molecule has 2 aliphatic rings. The van der Waals surface area contributed by atoms with Crippen LogP contribution in [0.25, 0.3) is 5.69 Å². The molecule has 2 aliphatic heterocycles. The molecular formula is C24H24FN5O2. The fourth-order valence-electron chi connectivity index (χ4n) is 4.42. The van der Waals surface area contributed by atoms with Gasteiger partial charge in [0, 0.05) is 44.4 Å². The van der Waals surface area contributed by atoms with Gasteiger partial charge in [-0.05, 0) is 29.8 Å². The number of aromatic nitrogens is 2. The highest BCUT2D eigenvalue weighted by Crippen LogP contribution is 2.20. The second-order valence-electron chi connectivity index (χ2n) is 8.30. The van der Waals surface area contributed by atoms with E-state index in [4.69, 9.17) is 0 Å². The summed E-state index contributed by atoms with van der Waals surface area (Å²) < 4.78 is 14.9. The highest BCUT2D eigenvalue weighted by atomic mass is 19.1. The SMILES string of the molecule is O=C1N[C@@H](Cc2ccccc2)C(=O)N2CCN(Cc3cnn(-c4ccc(F)cc4)c3)C[C@H]12. The molecule has 2 atom stereocenters. The molecule has 1 aromatic heterocycles. The zero-order valence-corrected chi connectivity index (χ0v) is 17.5. The van der Waals surface area contributed by atoms with E-state index >= 15 is 0 Å². The molecule has 0 radical (unpaired) electrons. The Kier molecular flexibility index (Phi) is 5.45. The second kappa shape index (κ2) is 8.55. The Bertz CT molecular complexity index is 1110. The van der Waals surface area contributed by atoms with Gasteiger partial charge in [-0.2, -0.15) is 5.10 Å². The second-order valence-corrected chi connectivity index (χ2v) is 8.30. The summed E-state index contributed by atoms with van der Waals surface area (Å²) in [5, 5.41) is 7.29. The number of benzene rings is 2. The smallest absolute Gasteiger partial charge is 0.246 e. The molecule has 0 aliphatic carbocycles. The molecule has 1 N–H and O–H groups in total. The number of nitrogens with one attached hydrogen (secondary N) is 1. The number of piperazine rings is 2. The molecule has 32 heavy (non-hydrogen) atoms. The van der Waals surface area contributed by atoms with Crippen molar-refractivity contribution in [3.05, 3.63) is 83.9 Å². The monoisotopic (exact) mass is 433 g/mol. The minimum absolute atomic E-state index is 0.0118. The number of rotatable bonds is 5. The number of hydrogen-bond donors (Lipinski definition) is 1. The van der Waals surface area contributed by atoms with Crippen LogP contribution in [0.15, 0.2) is 67.0 Å². The van der Waals surface area contributed by atoms with Crippen LogP contribution in [0.5, 0.6) is 0 Å². The Balaban J connectivity index is 1.22. The lowest BCUT2D eigenvalue weighted by Gasteiger charge is -2.45. The Morgan fingerprint density at radius 2 is 1.78 bits per heavy atom. The normalized spacial score (nSPS) is 21.3. The van der Waals surface area contributed by atoms with Crippen molar-refractivity contribution in [3.63, 3.8) is 0 Å². The van der Waals surface area contributed by atoms with Gasteiger partial charge in [0.1, 0.15) is 17.9 Å². The number of hydrogen-bond acceptors (Lipinski definition) is 4. The first-order valence-corrected chi connectivity index (χ1v) is 10.7. The molecule has 2 amide bonds. The Morgan fingerprint density at radius 1 is 1.00 bits per heavy atom. The van der Waals surface area contributed by atoms with E-state index in [-0.39, 0.29) is 17.6 Å². The van der Waals surface area contributed by atoms with Gasteiger partial charge in [0.2, 0.25) is 11.8 Å². The average molecular weight is 433 g/mol. The maximum atomic E-state index is 13.1. The van der Waals surface area contributed by atoms with E-state index in [0.29, 0.717) is 32.6 Å². The van der Waals surface area contributed by atoms with Crippen molar-refractivity contribution in [2.75, 3.05) is 19.6 Å². The van der Waals surface area contributed by atoms with Gasteiger partial charge in [-0.15, -0.1) is 0 Å². The minimum Gasteiger partial charge on any atom is -0.342 e. The molecule has 0 bridgehead atoms. The standard InChI is InChI=1S/C24H24FN5O2/c25-19-6-8-20(9-7-19)30-15-18(13-26-30)14-28-10-11-29-22(16-28)23(31)27-21(24(29)32)12-17-4-2-1-3-5-17/h1-9,13,15,21-22H,10-12,14,16H2,(H,27,31)/t21-,22+/m0/s1. The van der Waals surface area contributed by atoms with E-state index in [1.807, 2.05) is 36.5 Å². The predicted molar refractivity (Wildman–Crippen MR) is 116 cm³/mol. The van der Waals surface area contributed by atoms with Gasteiger partial charge >= 0.3 is 0 Å². The van der Waals surface area contributed by atoms with Crippen molar-refractivity contribution in [2.45, 2.75) is 25.0 Å². The van der Waals surface area contributed by atoms with Gasteiger partial charge in [-0.1, -0.05) is 30.3 Å². The summed E-state index contributed by atoms with van der Waals surface area (Å²) in [6.45, 7) is 2.32. The van der Waals surface area contributed by atoms with Crippen molar-refractivity contribution in [2.24, 2.45) is 0 Å². The topological polar surface area (TPSA) is 70.5 Å². The number of carbonyl (C=O) groups is 2. The first-order valence-electron chi connectivity index (χ1n) is 10.7. The lowest BCUT2D eigenvalue weighted by atomic mass is 9.98. The minimum atomic E-state index is -0.512. The molecule has 3 aromatic rings. The number of fused-ring (bicyclic) bond motifs is 1. The average Bonchev–Trinajstić information content (AvgIpc) is 3.27. The summed E-state index contributed by atoms with van der Waals surface area (Å²) >= 11 is 0. The predicted octanol–water partition coefficient (Wildman–Crippen LogP) is 1.77. The molecule has 8 heteroatoms. The van der Waals surface area contributed by atoms with Crippen LogP contribution in [0, 0.1) is 5.82 Å². The van der Waals surface area contributed by atoms with E-state index in [2.05, 4.69) is 15.3 Å². The quantitative estimate of drug-likeness (QED) is 0.666. The first-order chi connectivity index (χ1) is 15.6. The maximum absolute atomic E-state index is 13.1. The molecule has 7 nitrogen and oxygen atoms in total. The molecule has 0 saturated carbocycles. The van der Waals surface area contributed by atoms with Crippen LogP contribution in [-0.4, -0.2) is 63.1 Å². The van der Waals surface area contributed by atoms with Crippen LogP contribution < -0.4 is 5.32 Å². The van der Waals surface area contributed by atoms with Crippen molar-refractivity contribution < 1.29 is 14.0 Å². The third-order valence-electron chi connectivity index (χ3n) is 6.08. The van der Waals surface area contributed by atoms with Gasteiger partial charge in [0.05, 0.1) is 11.9 Å². The number of amides is 2. The zero-order valence-electron chi connectivity index (χ0n) is 17.5. The molecule has 2 saturated heterocycles. The van der Waals surface area contributed by atoms with Gasteiger partial charge in [-0.25, -0.2) is 9.07 Å². The van der Waals surface area contributed by atoms with Crippen LogP contribution in [-0.2, 0) is 22.6 Å². The zero-order chi connectivity index (χ0) is 22.1. The summed E-state index contributed by atoms with van der Waals surface area (Å²) in [6, 6.07) is 14.9. The van der Waals surface area contributed by atoms with E-state index < -0.39 is 12.1 Å². The Morgan fingerprint density at radius 3 is 2.56 bits per heavy atom. The first kappa shape index (κ1) is 20.4. The summed E-state index contributed by atoms with van der Waals surface area (Å²) in [5.74, 6) is -0.398. The van der Waals surface area contributed by atoms with E-state index in [0.717, 1.165) is 16.8 Å². The van der Waals surface area contributed by atoms with Crippen LogP contribution >= 0.6 is 0 Å². The third kappa shape index (κ3) is 4.13. The summed E-state index contributed by atoms with van der Waals surface area (Å²) in [5.41, 5.74) is 2.80. The highest BCUT2D eigenvalue weighted by molar-refractivity contribution is 5.97. The summed E-state index contributed by atoms with van der Waals surface area (Å²) in [6.07, 6.45) is 4.18. The number of halogens is 1. The molecule has 0 unspecified atom stereocenters. The maximum Gasteiger partial charge on any atom is 0.246 e. The molecular weight excluding hydrogens is 409 g/mol. The molecule has 2 aromatic carbocycles. The summed E-state index contributed by atoms with van der Waals surface area (Å²) in [4.78, 5) is 29.7. The molecule has 164 valence electrons. The van der Waals surface area contributed by atoms with Crippen molar-refractivity contribution >= 4 is 11.8 Å². The molecule has 5 rings (SSSR count). The van der Waals surface area contributed by atoms with Gasteiger partial charge < -0.3 is 10.2 Å². The molecule has 2 fully saturated rings. The lowest BCUT2D eigenvalue weighted by Crippen LogP contribution is -2.69. The number of carbonyl (C=O) groups excluding carboxylic acids is 2. The van der Waals surface area contributed by atoms with Crippen LogP contribution in [0.2, 0.25) is 0 Å². The molecule has 3 heterocycles.